The van der Waals surface area contributed by atoms with Crippen LogP contribution in [0.2, 0.25) is 0 Å². The van der Waals surface area contributed by atoms with Gasteiger partial charge >= 0.3 is 0 Å². The van der Waals surface area contributed by atoms with E-state index in [4.69, 9.17) is 14.1 Å². The van der Waals surface area contributed by atoms with Crippen LogP contribution in [0.5, 0.6) is 0 Å². The highest BCUT2D eigenvalue weighted by molar-refractivity contribution is 5.97. The summed E-state index contributed by atoms with van der Waals surface area (Å²) in [4.78, 5) is 34.9. The molecule has 0 spiro atoms. The molecule has 2 aliphatic rings. The maximum absolute atomic E-state index is 13.6. The molecule has 0 bridgehead atoms. The van der Waals surface area contributed by atoms with Crippen LogP contribution in [0.1, 0.15) is 56.2 Å². The molecule has 0 aliphatic carbocycles. The zero-order valence-corrected chi connectivity index (χ0v) is 21.2. The third kappa shape index (κ3) is 4.50. The van der Waals surface area contributed by atoms with Crippen LogP contribution in [0, 0.1) is 11.7 Å². The largest absolute Gasteiger partial charge is 0.449 e. The minimum atomic E-state index is -0.559. The first-order valence-corrected chi connectivity index (χ1v) is 12.5. The minimum Gasteiger partial charge on any atom is -0.449 e. The number of amides is 2. The molecule has 1 aromatic carbocycles. The molecule has 4 heterocycles. The van der Waals surface area contributed by atoms with Gasteiger partial charge in [0.2, 0.25) is 5.91 Å². The molecular weight excluding hydrogens is 461 g/mol. The average Bonchev–Trinajstić information content (AvgIpc) is 3.52. The van der Waals surface area contributed by atoms with Crippen molar-refractivity contribution in [3.63, 3.8) is 0 Å². The molecule has 2 amide bonds. The number of ether oxygens (including phenoxy) is 1. The van der Waals surface area contributed by atoms with Crippen LogP contribution in [0.15, 0.2) is 40.8 Å². The summed E-state index contributed by atoms with van der Waals surface area (Å²) in [5.74, 6) is -0.139. The molecule has 0 N–H and O–H groups in total. The van der Waals surface area contributed by atoms with Gasteiger partial charge in [-0.3, -0.25) is 9.59 Å². The van der Waals surface area contributed by atoms with E-state index in [0.717, 1.165) is 17.5 Å². The van der Waals surface area contributed by atoms with Crippen LogP contribution >= 0.6 is 0 Å². The van der Waals surface area contributed by atoms with E-state index in [0.29, 0.717) is 49.6 Å². The summed E-state index contributed by atoms with van der Waals surface area (Å²) < 4.78 is 24.9. The van der Waals surface area contributed by atoms with Gasteiger partial charge < -0.3 is 19.0 Å². The minimum absolute atomic E-state index is 0.0887. The molecule has 2 aliphatic heterocycles. The monoisotopic (exact) mass is 493 g/mol. The molecule has 5 rings (SSSR count). The van der Waals surface area contributed by atoms with Crippen molar-refractivity contribution >= 4 is 22.9 Å². The molecule has 3 aromatic rings. The summed E-state index contributed by atoms with van der Waals surface area (Å²) in [6.45, 7) is 10.5. The van der Waals surface area contributed by atoms with E-state index in [1.807, 2.05) is 24.8 Å². The number of furan rings is 1. The summed E-state index contributed by atoms with van der Waals surface area (Å²) >= 11 is 0. The second-order valence-corrected chi connectivity index (χ2v) is 10.7. The third-order valence-corrected chi connectivity index (χ3v) is 7.22. The molecule has 1 unspecified atom stereocenters. The molecule has 2 aromatic heterocycles. The quantitative estimate of drug-likeness (QED) is 0.519. The Bertz CT molecular complexity index is 1290. The molecule has 2 saturated heterocycles. The molecule has 36 heavy (non-hydrogen) atoms. The number of rotatable bonds is 4. The highest BCUT2D eigenvalue weighted by Gasteiger charge is 2.41. The normalized spacial score (nSPS) is 19.9. The highest BCUT2D eigenvalue weighted by atomic mass is 19.1. The lowest BCUT2D eigenvalue weighted by molar-refractivity contribution is -0.139. The zero-order chi connectivity index (χ0) is 25.6. The number of carbonyl (C=O) groups excluding carboxylic acids is 2. The van der Waals surface area contributed by atoms with Crippen molar-refractivity contribution in [3.8, 4) is 11.3 Å². The Labute approximate surface area is 210 Å². The number of fused-ring (bicyclic) bond motifs is 1. The topological polar surface area (TPSA) is 75.9 Å². The summed E-state index contributed by atoms with van der Waals surface area (Å²) in [6, 6.07) is 9.85. The SMILES string of the molecule is CC(C)c1cc(-c2ccc(F)cc2)nc2cc(C(=O)N3CCN(C(=O)C4CCOC4)CC3(C)C)oc12. The lowest BCUT2D eigenvalue weighted by Gasteiger charge is -2.47. The van der Waals surface area contributed by atoms with Gasteiger partial charge in [-0.2, -0.15) is 0 Å². The van der Waals surface area contributed by atoms with Crippen LogP contribution in [-0.2, 0) is 9.53 Å². The number of benzene rings is 1. The first kappa shape index (κ1) is 24.4. The third-order valence-electron chi connectivity index (χ3n) is 7.22. The Kier molecular flexibility index (Phi) is 6.32. The first-order valence-electron chi connectivity index (χ1n) is 12.5. The van der Waals surface area contributed by atoms with Crippen molar-refractivity contribution < 1.29 is 23.1 Å². The zero-order valence-electron chi connectivity index (χ0n) is 21.2. The van der Waals surface area contributed by atoms with Gasteiger partial charge in [0.05, 0.1) is 23.8 Å². The van der Waals surface area contributed by atoms with E-state index in [-0.39, 0.29) is 35.2 Å². The Morgan fingerprint density at radius 1 is 1.14 bits per heavy atom. The number of piperazine rings is 1. The van der Waals surface area contributed by atoms with Gasteiger partial charge in [-0.05, 0) is 56.5 Å². The van der Waals surface area contributed by atoms with Crippen molar-refractivity contribution in [3.05, 3.63) is 53.5 Å². The van der Waals surface area contributed by atoms with Crippen molar-refractivity contribution in [2.45, 2.75) is 45.6 Å². The molecule has 8 heteroatoms. The van der Waals surface area contributed by atoms with E-state index < -0.39 is 5.54 Å². The van der Waals surface area contributed by atoms with Gasteiger partial charge in [-0.25, -0.2) is 9.37 Å². The average molecular weight is 494 g/mol. The Morgan fingerprint density at radius 3 is 2.53 bits per heavy atom. The lowest BCUT2D eigenvalue weighted by Crippen LogP contribution is -2.62. The van der Waals surface area contributed by atoms with Crippen LogP contribution < -0.4 is 0 Å². The molecule has 0 radical (unpaired) electrons. The van der Waals surface area contributed by atoms with Gasteiger partial charge in [-0.1, -0.05) is 13.8 Å². The van der Waals surface area contributed by atoms with E-state index >= 15 is 0 Å². The molecule has 7 nitrogen and oxygen atoms in total. The summed E-state index contributed by atoms with van der Waals surface area (Å²) in [7, 11) is 0. The fourth-order valence-electron chi connectivity index (χ4n) is 5.19. The van der Waals surface area contributed by atoms with Crippen LogP contribution in [0.25, 0.3) is 22.4 Å². The van der Waals surface area contributed by atoms with Gasteiger partial charge in [0.15, 0.2) is 11.3 Å². The molecule has 1 atom stereocenters. The number of aromatic nitrogens is 1. The van der Waals surface area contributed by atoms with Crippen molar-refractivity contribution in [1.29, 1.82) is 0 Å². The molecule has 190 valence electrons. The van der Waals surface area contributed by atoms with Crippen molar-refractivity contribution in [2.24, 2.45) is 5.92 Å². The second-order valence-electron chi connectivity index (χ2n) is 10.7. The van der Waals surface area contributed by atoms with Gasteiger partial charge in [0, 0.05) is 43.4 Å². The number of carbonyl (C=O) groups is 2. The second kappa shape index (κ2) is 9.32. The van der Waals surface area contributed by atoms with Crippen molar-refractivity contribution in [2.75, 3.05) is 32.8 Å². The Morgan fingerprint density at radius 2 is 1.89 bits per heavy atom. The maximum Gasteiger partial charge on any atom is 0.290 e. The number of pyridine rings is 1. The fraction of sp³-hybridized carbons (Fsp3) is 0.464. The number of hydrogen-bond donors (Lipinski definition) is 0. The van der Waals surface area contributed by atoms with E-state index in [1.54, 1.807) is 23.1 Å². The highest BCUT2D eigenvalue weighted by Crippen LogP contribution is 2.33. The number of nitrogens with zero attached hydrogens (tertiary/aromatic N) is 3. The smallest absolute Gasteiger partial charge is 0.290 e. The van der Waals surface area contributed by atoms with Gasteiger partial charge in [0.1, 0.15) is 11.3 Å². The van der Waals surface area contributed by atoms with Gasteiger partial charge in [-0.15, -0.1) is 0 Å². The Balaban J connectivity index is 1.42. The summed E-state index contributed by atoms with van der Waals surface area (Å²) in [5.41, 5.74) is 3.06. The molecule has 2 fully saturated rings. The lowest BCUT2D eigenvalue weighted by atomic mass is 9.96. The number of halogens is 1. The van der Waals surface area contributed by atoms with Gasteiger partial charge in [0.25, 0.3) is 5.91 Å². The van der Waals surface area contributed by atoms with Crippen LogP contribution in [-0.4, -0.2) is 65.0 Å². The first-order chi connectivity index (χ1) is 17.1. The standard InChI is InChI=1S/C28H32FN3O4/c1-17(2)21-13-22(18-5-7-20(29)8-6-18)30-23-14-24(36-25(21)23)27(34)32-11-10-31(16-28(32,3)4)26(33)19-9-12-35-15-19/h5-8,13-14,17,19H,9-12,15-16H2,1-4H3. The summed E-state index contributed by atoms with van der Waals surface area (Å²) in [5, 5.41) is 0. The van der Waals surface area contributed by atoms with E-state index in [1.165, 1.54) is 12.1 Å². The van der Waals surface area contributed by atoms with E-state index in [2.05, 4.69) is 13.8 Å². The molecular formula is C28H32FN3O4. The predicted octanol–water partition coefficient (Wildman–Crippen LogP) is 4.86. The van der Waals surface area contributed by atoms with Crippen LogP contribution in [0.3, 0.4) is 0 Å². The predicted molar refractivity (Wildman–Crippen MR) is 134 cm³/mol. The van der Waals surface area contributed by atoms with Crippen molar-refractivity contribution in [1.82, 2.24) is 14.8 Å². The molecule has 0 saturated carbocycles. The summed E-state index contributed by atoms with van der Waals surface area (Å²) in [6.07, 6.45) is 0.752. The fourth-order valence-corrected chi connectivity index (χ4v) is 5.19. The van der Waals surface area contributed by atoms with Crippen LogP contribution in [0.4, 0.5) is 4.39 Å². The Hall–Kier alpha value is -3.26. The number of hydrogen-bond acceptors (Lipinski definition) is 5. The van der Waals surface area contributed by atoms with E-state index in [9.17, 15) is 14.0 Å². The maximum atomic E-state index is 13.6.